The number of benzene rings is 1. The first-order valence-corrected chi connectivity index (χ1v) is 4.94. The van der Waals surface area contributed by atoms with Crippen molar-refractivity contribution in [3.8, 4) is 0 Å². The van der Waals surface area contributed by atoms with Crippen molar-refractivity contribution in [2.24, 2.45) is 5.92 Å². The van der Waals surface area contributed by atoms with Crippen molar-refractivity contribution in [1.29, 1.82) is 0 Å². The first kappa shape index (κ1) is 7.31. The van der Waals surface area contributed by atoms with Crippen molar-refractivity contribution < 1.29 is 4.79 Å². The van der Waals surface area contributed by atoms with Crippen LogP contribution in [0.5, 0.6) is 0 Å². The van der Waals surface area contributed by atoms with Gasteiger partial charge in [0, 0.05) is 12.8 Å². The van der Waals surface area contributed by atoms with Gasteiger partial charge in [-0.1, -0.05) is 24.3 Å². The molecule has 2 atom stereocenters. The van der Waals surface area contributed by atoms with Crippen LogP contribution in [0.25, 0.3) is 0 Å². The van der Waals surface area contributed by atoms with Gasteiger partial charge in [0.1, 0.15) is 5.78 Å². The van der Waals surface area contributed by atoms with Crippen LogP contribution in [-0.4, -0.2) is 5.78 Å². The summed E-state index contributed by atoms with van der Waals surface area (Å²) in [5.41, 5.74) is 2.92. The van der Waals surface area contributed by atoms with Gasteiger partial charge in [0.25, 0.3) is 0 Å². The van der Waals surface area contributed by atoms with Crippen molar-refractivity contribution in [2.75, 3.05) is 0 Å². The molecular formula is C12H12O. The lowest BCUT2D eigenvalue weighted by atomic mass is 9.97. The molecule has 0 aliphatic heterocycles. The van der Waals surface area contributed by atoms with Gasteiger partial charge in [-0.25, -0.2) is 0 Å². The highest BCUT2D eigenvalue weighted by Crippen LogP contribution is 2.46. The SMILES string of the molecule is O=C1CC2Cc3ccccc3C2C1. The first-order valence-electron chi connectivity index (χ1n) is 4.94. The maximum Gasteiger partial charge on any atom is 0.133 e. The van der Waals surface area contributed by atoms with Gasteiger partial charge < -0.3 is 0 Å². The molecule has 2 aliphatic carbocycles. The second kappa shape index (κ2) is 2.44. The van der Waals surface area contributed by atoms with Gasteiger partial charge in [-0.05, 0) is 29.4 Å². The average molecular weight is 172 g/mol. The Hall–Kier alpha value is -1.11. The van der Waals surface area contributed by atoms with Gasteiger partial charge in [-0.2, -0.15) is 0 Å². The monoisotopic (exact) mass is 172 g/mol. The summed E-state index contributed by atoms with van der Waals surface area (Å²) in [4.78, 5) is 11.3. The number of Topliss-reactive ketones (excluding diaryl/α,β-unsaturated/α-hetero) is 1. The third-order valence-corrected chi connectivity index (χ3v) is 3.44. The Morgan fingerprint density at radius 1 is 1.08 bits per heavy atom. The molecule has 1 nitrogen and oxygen atoms in total. The molecule has 3 rings (SSSR count). The largest absolute Gasteiger partial charge is 0.300 e. The lowest BCUT2D eigenvalue weighted by Gasteiger charge is -2.06. The minimum absolute atomic E-state index is 0.463. The molecule has 1 heteroatoms. The molecule has 0 radical (unpaired) electrons. The summed E-state index contributed by atoms with van der Waals surface area (Å²) in [5.74, 6) is 1.65. The Morgan fingerprint density at radius 3 is 2.85 bits per heavy atom. The molecule has 0 spiro atoms. The van der Waals surface area contributed by atoms with E-state index in [4.69, 9.17) is 0 Å². The van der Waals surface area contributed by atoms with Crippen LogP contribution in [0.2, 0.25) is 0 Å². The van der Waals surface area contributed by atoms with E-state index < -0.39 is 0 Å². The third kappa shape index (κ3) is 0.963. The van der Waals surface area contributed by atoms with Crippen molar-refractivity contribution in [2.45, 2.75) is 25.2 Å². The van der Waals surface area contributed by atoms with Crippen LogP contribution in [0.1, 0.15) is 29.9 Å². The zero-order valence-electron chi connectivity index (χ0n) is 7.49. The Kier molecular flexibility index (Phi) is 1.37. The molecule has 1 saturated carbocycles. The summed E-state index contributed by atoms with van der Waals surface area (Å²) < 4.78 is 0. The van der Waals surface area contributed by atoms with E-state index in [0.717, 1.165) is 19.3 Å². The van der Waals surface area contributed by atoms with Gasteiger partial charge >= 0.3 is 0 Å². The summed E-state index contributed by atoms with van der Waals surface area (Å²) in [5, 5.41) is 0. The summed E-state index contributed by atoms with van der Waals surface area (Å²) in [7, 11) is 0. The normalized spacial score (nSPS) is 30.3. The van der Waals surface area contributed by atoms with Crippen LogP contribution in [-0.2, 0) is 11.2 Å². The number of rotatable bonds is 0. The van der Waals surface area contributed by atoms with Crippen LogP contribution < -0.4 is 0 Å². The highest BCUT2D eigenvalue weighted by molar-refractivity contribution is 5.83. The molecule has 2 unspecified atom stereocenters. The summed E-state index contributed by atoms with van der Waals surface area (Å²) >= 11 is 0. The second-order valence-electron chi connectivity index (χ2n) is 4.22. The van der Waals surface area contributed by atoms with Gasteiger partial charge in [-0.3, -0.25) is 4.79 Å². The van der Waals surface area contributed by atoms with Crippen molar-refractivity contribution in [3.05, 3.63) is 35.4 Å². The Bertz CT molecular complexity index is 367. The highest BCUT2D eigenvalue weighted by Gasteiger charge is 2.39. The van der Waals surface area contributed by atoms with Gasteiger partial charge in [0.15, 0.2) is 0 Å². The number of carbonyl (C=O) groups excluding carboxylic acids is 1. The highest BCUT2D eigenvalue weighted by atomic mass is 16.1. The number of carbonyl (C=O) groups is 1. The Balaban J connectivity index is 2.06. The van der Waals surface area contributed by atoms with E-state index >= 15 is 0 Å². The summed E-state index contributed by atoms with van der Waals surface area (Å²) in [6, 6.07) is 8.59. The fourth-order valence-corrected chi connectivity index (χ4v) is 2.87. The molecule has 13 heavy (non-hydrogen) atoms. The van der Waals surface area contributed by atoms with E-state index in [-0.39, 0.29) is 0 Å². The van der Waals surface area contributed by atoms with Crippen LogP contribution in [0.3, 0.4) is 0 Å². The number of hydrogen-bond donors (Lipinski definition) is 0. The van der Waals surface area contributed by atoms with E-state index in [1.807, 2.05) is 0 Å². The summed E-state index contributed by atoms with van der Waals surface area (Å²) in [6.07, 6.45) is 2.74. The molecule has 0 amide bonds. The maximum atomic E-state index is 11.3. The van der Waals surface area contributed by atoms with Crippen molar-refractivity contribution >= 4 is 5.78 Å². The molecule has 1 fully saturated rings. The van der Waals surface area contributed by atoms with Gasteiger partial charge in [0.2, 0.25) is 0 Å². The minimum Gasteiger partial charge on any atom is -0.300 e. The molecule has 0 N–H and O–H groups in total. The number of fused-ring (bicyclic) bond motifs is 3. The zero-order valence-corrected chi connectivity index (χ0v) is 7.49. The van der Waals surface area contributed by atoms with E-state index in [1.165, 1.54) is 11.1 Å². The quantitative estimate of drug-likeness (QED) is 0.587. The minimum atomic E-state index is 0.463. The standard InChI is InChI=1S/C12H12O/c13-10-6-9-5-8-3-1-2-4-11(8)12(9)7-10/h1-4,9,12H,5-7H2. The average Bonchev–Trinajstić information content (AvgIpc) is 2.60. The van der Waals surface area contributed by atoms with Crippen LogP contribution in [0.4, 0.5) is 0 Å². The third-order valence-electron chi connectivity index (χ3n) is 3.44. The van der Waals surface area contributed by atoms with Crippen LogP contribution in [0.15, 0.2) is 24.3 Å². The fraction of sp³-hybridized carbons (Fsp3) is 0.417. The Labute approximate surface area is 77.8 Å². The Morgan fingerprint density at radius 2 is 1.92 bits per heavy atom. The van der Waals surface area contributed by atoms with Crippen molar-refractivity contribution in [1.82, 2.24) is 0 Å². The molecular weight excluding hydrogens is 160 g/mol. The number of hydrogen-bond acceptors (Lipinski definition) is 1. The molecule has 0 bridgehead atoms. The molecule has 0 aromatic heterocycles. The molecule has 1 aromatic carbocycles. The summed E-state index contributed by atoms with van der Waals surface area (Å²) in [6.45, 7) is 0. The molecule has 66 valence electrons. The molecule has 0 saturated heterocycles. The second-order valence-corrected chi connectivity index (χ2v) is 4.22. The fourth-order valence-electron chi connectivity index (χ4n) is 2.87. The predicted molar refractivity (Wildman–Crippen MR) is 50.6 cm³/mol. The van der Waals surface area contributed by atoms with E-state index in [9.17, 15) is 4.79 Å². The molecule has 0 heterocycles. The first-order chi connectivity index (χ1) is 6.34. The molecule has 1 aromatic rings. The lowest BCUT2D eigenvalue weighted by Crippen LogP contribution is -1.97. The van der Waals surface area contributed by atoms with Crippen molar-refractivity contribution in [3.63, 3.8) is 0 Å². The maximum absolute atomic E-state index is 11.3. The van der Waals surface area contributed by atoms with E-state index in [0.29, 0.717) is 17.6 Å². The topological polar surface area (TPSA) is 17.1 Å². The van der Waals surface area contributed by atoms with E-state index in [1.54, 1.807) is 0 Å². The van der Waals surface area contributed by atoms with Crippen LogP contribution in [0, 0.1) is 5.92 Å². The smallest absolute Gasteiger partial charge is 0.133 e. The molecule has 2 aliphatic rings. The van der Waals surface area contributed by atoms with E-state index in [2.05, 4.69) is 24.3 Å². The zero-order chi connectivity index (χ0) is 8.84. The lowest BCUT2D eigenvalue weighted by molar-refractivity contribution is -0.117. The van der Waals surface area contributed by atoms with Gasteiger partial charge in [0.05, 0.1) is 0 Å². The van der Waals surface area contributed by atoms with Crippen LogP contribution >= 0.6 is 0 Å². The number of ketones is 1. The van der Waals surface area contributed by atoms with Gasteiger partial charge in [-0.15, -0.1) is 0 Å². The predicted octanol–water partition coefficient (Wildman–Crippen LogP) is 2.31.